The molecule has 1 aliphatic rings. The van der Waals surface area contributed by atoms with Crippen molar-refractivity contribution in [3.63, 3.8) is 0 Å². The third-order valence-electron chi connectivity index (χ3n) is 6.12. The van der Waals surface area contributed by atoms with Crippen LogP contribution in [0.15, 0.2) is 41.2 Å². The van der Waals surface area contributed by atoms with Crippen LogP contribution < -0.4 is 5.56 Å². The van der Waals surface area contributed by atoms with Gasteiger partial charge in [0, 0.05) is 19.1 Å². The molecule has 158 valence electrons. The smallest absolute Gasteiger partial charge is 0.261 e. The Balaban J connectivity index is 1.70. The minimum absolute atomic E-state index is 0.0192. The van der Waals surface area contributed by atoms with Crippen LogP contribution in [0.4, 0.5) is 4.39 Å². The Hall–Kier alpha value is -2.24. The van der Waals surface area contributed by atoms with E-state index in [9.17, 15) is 9.18 Å². The Bertz CT molecular complexity index is 1140. The van der Waals surface area contributed by atoms with Crippen molar-refractivity contribution in [1.82, 2.24) is 14.5 Å². The zero-order valence-electron chi connectivity index (χ0n) is 17.7. The van der Waals surface area contributed by atoms with Crippen LogP contribution in [0, 0.1) is 18.7 Å². The Labute approximate surface area is 181 Å². The van der Waals surface area contributed by atoms with Crippen LogP contribution >= 0.6 is 11.6 Å². The molecule has 4 rings (SSSR count). The van der Waals surface area contributed by atoms with E-state index in [1.54, 1.807) is 12.1 Å². The molecule has 2 heterocycles. The average molecular weight is 428 g/mol. The highest BCUT2D eigenvalue weighted by Crippen LogP contribution is 2.27. The van der Waals surface area contributed by atoms with Crippen LogP contribution in [0.1, 0.15) is 32.5 Å². The van der Waals surface area contributed by atoms with Crippen LogP contribution in [0.5, 0.6) is 0 Å². The lowest BCUT2D eigenvalue weighted by molar-refractivity contribution is 0.129. The Kier molecular flexibility index (Phi) is 5.94. The molecule has 0 aliphatic carbocycles. The summed E-state index contributed by atoms with van der Waals surface area (Å²) in [6.45, 7) is 9.17. The van der Waals surface area contributed by atoms with Gasteiger partial charge < -0.3 is 4.90 Å². The highest BCUT2D eigenvalue weighted by molar-refractivity contribution is 6.31. The number of piperidine rings is 1. The topological polar surface area (TPSA) is 38.1 Å². The molecule has 30 heavy (non-hydrogen) atoms. The lowest BCUT2D eigenvalue weighted by atomic mass is 9.96. The standard InChI is InChI=1S/C24H27ClFN3O/c1-15(2)28-10-4-5-17(13-28)14-29-16(3)27-23-9-7-18(11-20(23)24(29)30)19-6-8-22(26)21(25)12-19/h6-9,11-12,15,17H,4-5,10,13-14H2,1-3H3/t17-/m0/s1. The van der Waals surface area contributed by atoms with Crippen molar-refractivity contribution < 1.29 is 4.39 Å². The van der Waals surface area contributed by atoms with E-state index in [0.29, 0.717) is 29.4 Å². The van der Waals surface area contributed by atoms with E-state index in [-0.39, 0.29) is 10.6 Å². The first-order chi connectivity index (χ1) is 14.3. The summed E-state index contributed by atoms with van der Waals surface area (Å²) >= 11 is 5.94. The second-order valence-corrected chi connectivity index (χ2v) is 8.94. The summed E-state index contributed by atoms with van der Waals surface area (Å²) in [5.41, 5.74) is 2.25. The normalized spacial score (nSPS) is 17.7. The summed E-state index contributed by atoms with van der Waals surface area (Å²) in [6.07, 6.45) is 2.29. The first kappa shape index (κ1) is 21.0. The van der Waals surface area contributed by atoms with Gasteiger partial charge in [-0.15, -0.1) is 0 Å². The number of rotatable bonds is 4. The molecule has 0 spiro atoms. The van der Waals surface area contributed by atoms with E-state index < -0.39 is 5.82 Å². The molecule has 6 heteroatoms. The van der Waals surface area contributed by atoms with Crippen molar-refractivity contribution in [2.24, 2.45) is 5.92 Å². The fourth-order valence-electron chi connectivity index (χ4n) is 4.38. The fourth-order valence-corrected chi connectivity index (χ4v) is 4.56. The van der Waals surface area contributed by atoms with Gasteiger partial charge in [-0.1, -0.05) is 23.7 Å². The summed E-state index contributed by atoms with van der Waals surface area (Å²) < 4.78 is 15.3. The van der Waals surface area contributed by atoms with Crippen molar-refractivity contribution in [2.75, 3.05) is 13.1 Å². The van der Waals surface area contributed by atoms with Gasteiger partial charge in [0.25, 0.3) is 5.56 Å². The first-order valence-corrected chi connectivity index (χ1v) is 10.9. The zero-order chi connectivity index (χ0) is 21.4. The minimum Gasteiger partial charge on any atom is -0.301 e. The molecule has 0 unspecified atom stereocenters. The molecule has 0 radical (unpaired) electrons. The lowest BCUT2D eigenvalue weighted by Crippen LogP contribution is -2.42. The average Bonchev–Trinajstić information content (AvgIpc) is 2.73. The predicted octanol–water partition coefficient (Wildman–Crippen LogP) is 5.28. The first-order valence-electron chi connectivity index (χ1n) is 10.5. The number of aromatic nitrogens is 2. The molecule has 0 bridgehead atoms. The lowest BCUT2D eigenvalue weighted by Gasteiger charge is -2.35. The summed E-state index contributed by atoms with van der Waals surface area (Å²) in [4.78, 5) is 20.5. The van der Waals surface area contributed by atoms with E-state index in [0.717, 1.165) is 42.9 Å². The van der Waals surface area contributed by atoms with Gasteiger partial charge in [-0.05, 0) is 81.5 Å². The van der Waals surface area contributed by atoms with Gasteiger partial charge in [0.15, 0.2) is 0 Å². The summed E-state index contributed by atoms with van der Waals surface area (Å²) in [6, 6.07) is 10.7. The van der Waals surface area contributed by atoms with Crippen LogP contribution in [0.25, 0.3) is 22.0 Å². The largest absolute Gasteiger partial charge is 0.301 e. The molecule has 1 aromatic heterocycles. The quantitative estimate of drug-likeness (QED) is 0.568. The van der Waals surface area contributed by atoms with E-state index in [4.69, 9.17) is 11.6 Å². The second-order valence-electron chi connectivity index (χ2n) is 8.53. The summed E-state index contributed by atoms with van der Waals surface area (Å²) in [5.74, 6) is 0.728. The predicted molar refractivity (Wildman–Crippen MR) is 121 cm³/mol. The highest BCUT2D eigenvalue weighted by Gasteiger charge is 2.23. The van der Waals surface area contributed by atoms with Gasteiger partial charge in [-0.3, -0.25) is 9.36 Å². The molecule has 1 atom stereocenters. The van der Waals surface area contributed by atoms with E-state index >= 15 is 0 Å². The second kappa shape index (κ2) is 8.48. The highest BCUT2D eigenvalue weighted by atomic mass is 35.5. The van der Waals surface area contributed by atoms with Crippen molar-refractivity contribution >= 4 is 22.5 Å². The maximum atomic E-state index is 13.5. The van der Waals surface area contributed by atoms with E-state index in [2.05, 4.69) is 23.7 Å². The molecule has 1 saturated heterocycles. The van der Waals surface area contributed by atoms with E-state index in [1.807, 2.05) is 29.7 Å². The minimum atomic E-state index is -0.455. The van der Waals surface area contributed by atoms with Crippen LogP contribution in [-0.4, -0.2) is 33.6 Å². The van der Waals surface area contributed by atoms with Gasteiger partial charge in [0.1, 0.15) is 11.6 Å². The van der Waals surface area contributed by atoms with Crippen molar-refractivity contribution in [1.29, 1.82) is 0 Å². The SMILES string of the molecule is Cc1nc2ccc(-c3ccc(F)c(Cl)c3)cc2c(=O)n1C[C@H]1CCCN(C(C)C)C1. The fraction of sp³-hybridized carbons (Fsp3) is 0.417. The molecule has 1 aliphatic heterocycles. The van der Waals surface area contributed by atoms with Gasteiger partial charge in [0.2, 0.25) is 0 Å². The third kappa shape index (κ3) is 4.14. The van der Waals surface area contributed by atoms with Gasteiger partial charge in [-0.25, -0.2) is 9.37 Å². The Morgan fingerprint density at radius 2 is 1.93 bits per heavy atom. The zero-order valence-corrected chi connectivity index (χ0v) is 18.4. The number of nitrogens with zero attached hydrogens (tertiary/aromatic N) is 3. The number of aryl methyl sites for hydroxylation is 1. The number of likely N-dealkylation sites (tertiary alicyclic amines) is 1. The van der Waals surface area contributed by atoms with Crippen molar-refractivity contribution in [3.8, 4) is 11.1 Å². The number of halogens is 2. The maximum Gasteiger partial charge on any atom is 0.261 e. The van der Waals surface area contributed by atoms with E-state index in [1.165, 1.54) is 6.07 Å². The molecule has 4 nitrogen and oxygen atoms in total. The number of benzene rings is 2. The molecule has 0 N–H and O–H groups in total. The Morgan fingerprint density at radius 1 is 1.20 bits per heavy atom. The summed E-state index contributed by atoms with van der Waals surface area (Å²) in [7, 11) is 0. The maximum absolute atomic E-state index is 13.5. The molecule has 0 saturated carbocycles. The van der Waals surface area contributed by atoms with Crippen LogP contribution in [0.2, 0.25) is 5.02 Å². The molecule has 1 fully saturated rings. The monoisotopic (exact) mass is 427 g/mol. The van der Waals surface area contributed by atoms with Crippen LogP contribution in [-0.2, 0) is 6.54 Å². The van der Waals surface area contributed by atoms with Crippen molar-refractivity contribution in [3.05, 3.63) is 63.4 Å². The van der Waals surface area contributed by atoms with Gasteiger partial charge in [-0.2, -0.15) is 0 Å². The number of fused-ring (bicyclic) bond motifs is 1. The molecule has 3 aromatic rings. The molecule has 0 amide bonds. The van der Waals surface area contributed by atoms with Crippen molar-refractivity contribution in [2.45, 2.75) is 46.2 Å². The molecule has 2 aromatic carbocycles. The Morgan fingerprint density at radius 3 is 2.67 bits per heavy atom. The van der Waals surface area contributed by atoms with Gasteiger partial charge in [0.05, 0.1) is 15.9 Å². The molecular weight excluding hydrogens is 401 g/mol. The van der Waals surface area contributed by atoms with Gasteiger partial charge >= 0.3 is 0 Å². The third-order valence-corrected chi connectivity index (χ3v) is 6.41. The van der Waals surface area contributed by atoms with Crippen LogP contribution in [0.3, 0.4) is 0 Å². The number of hydrogen-bond acceptors (Lipinski definition) is 3. The molecular formula is C24H27ClFN3O. The summed E-state index contributed by atoms with van der Waals surface area (Å²) in [5, 5.41) is 0.647. The number of hydrogen-bond donors (Lipinski definition) is 0.